The summed E-state index contributed by atoms with van der Waals surface area (Å²) in [6.45, 7) is 6.75. The molecule has 1 unspecified atom stereocenters. The first-order chi connectivity index (χ1) is 21.8. The van der Waals surface area contributed by atoms with Crippen LogP contribution in [-0.2, 0) is 23.3 Å². The van der Waals surface area contributed by atoms with E-state index in [4.69, 9.17) is 5.73 Å². The average molecular weight is 717 g/mol. The molecular weight excluding hydrogens is 682 g/mol. The maximum absolute atomic E-state index is 13.4. The van der Waals surface area contributed by atoms with Crippen molar-refractivity contribution in [3.05, 3.63) is 130 Å². The molecule has 4 N–H and O–H groups in total. The molecule has 48 heavy (non-hydrogen) atoms. The summed E-state index contributed by atoms with van der Waals surface area (Å²) in [4.78, 5) is 18.5. The maximum Gasteiger partial charge on any atom is 0.418 e. The molecule has 4 atom stereocenters. The number of carbonyl (C=O) groups excluding carboxylic acids is 1. The maximum atomic E-state index is 13.4. The van der Waals surface area contributed by atoms with E-state index in [1.54, 1.807) is 52.0 Å². The highest BCUT2D eigenvalue weighted by atomic mass is 35.5. The lowest BCUT2D eigenvalue weighted by Crippen LogP contribution is -2.37. The number of pyridine rings is 2. The predicted molar refractivity (Wildman–Crippen MR) is 174 cm³/mol. The number of nitrogens with zero attached hydrogens (tertiary/aromatic N) is 2. The molecule has 2 aromatic carbocycles. The van der Waals surface area contributed by atoms with Crippen molar-refractivity contribution < 1.29 is 40.5 Å². The normalized spacial score (nSPS) is 14.4. The average Bonchev–Trinajstić information content (AvgIpc) is 3.02. The van der Waals surface area contributed by atoms with E-state index in [2.05, 4.69) is 14.7 Å². The summed E-state index contributed by atoms with van der Waals surface area (Å²) in [5.74, 6) is 0. The van der Waals surface area contributed by atoms with E-state index >= 15 is 0 Å². The fourth-order valence-corrected chi connectivity index (χ4v) is 5.08. The van der Waals surface area contributed by atoms with E-state index < -0.39 is 57.4 Å². The van der Waals surface area contributed by atoms with Crippen molar-refractivity contribution in [1.82, 2.24) is 14.7 Å². The number of halogens is 7. The number of alkyl halides is 6. The molecule has 0 bridgehead atoms. The Morgan fingerprint density at radius 2 is 1.21 bits per heavy atom. The third kappa shape index (κ3) is 10.7. The van der Waals surface area contributed by atoms with Gasteiger partial charge in [0.05, 0.1) is 56.4 Å². The number of aldehydes is 1. The van der Waals surface area contributed by atoms with Gasteiger partial charge in [0.1, 0.15) is 6.29 Å². The minimum Gasteiger partial charge on any atom is -0.389 e. The molecule has 260 valence electrons. The number of aliphatic hydroxyl groups is 1. The lowest BCUT2D eigenvalue weighted by atomic mass is 9.98. The second-order valence-electron chi connectivity index (χ2n) is 11.4. The van der Waals surface area contributed by atoms with E-state index in [0.29, 0.717) is 28.5 Å². The molecule has 0 saturated carbocycles. The Morgan fingerprint density at radius 3 is 1.65 bits per heavy atom. The van der Waals surface area contributed by atoms with Gasteiger partial charge in [-0.3, -0.25) is 14.8 Å². The fourth-order valence-electron chi connectivity index (χ4n) is 4.26. The van der Waals surface area contributed by atoms with Gasteiger partial charge in [-0.15, -0.1) is 12.4 Å². The van der Waals surface area contributed by atoms with Gasteiger partial charge < -0.3 is 10.8 Å². The summed E-state index contributed by atoms with van der Waals surface area (Å²) in [6, 6.07) is 14.8. The van der Waals surface area contributed by atoms with E-state index in [0.717, 1.165) is 12.1 Å². The lowest BCUT2D eigenvalue weighted by molar-refractivity contribution is -0.139. The van der Waals surface area contributed by atoms with Crippen molar-refractivity contribution in [2.75, 3.05) is 0 Å². The molecule has 4 rings (SSSR count). The molecule has 0 aliphatic carbocycles. The number of nitrogens with one attached hydrogen (secondary N) is 1. The first-order valence-electron chi connectivity index (χ1n) is 14.2. The quantitative estimate of drug-likeness (QED) is 0.127. The molecule has 0 aliphatic heterocycles. The van der Waals surface area contributed by atoms with E-state index in [-0.39, 0.29) is 23.8 Å². The zero-order chi connectivity index (χ0) is 35.2. The highest BCUT2D eigenvalue weighted by Gasteiger charge is 2.38. The summed E-state index contributed by atoms with van der Waals surface area (Å²) in [6.07, 6.45) is -6.55. The molecule has 4 aromatic rings. The molecule has 0 spiro atoms. The Kier molecular flexibility index (Phi) is 14.0. The van der Waals surface area contributed by atoms with Crippen LogP contribution in [-0.4, -0.2) is 30.3 Å². The number of carbonyl (C=O) groups is 1. The highest BCUT2D eigenvalue weighted by Crippen LogP contribution is 2.37. The standard InChI is InChI=1S/C18H19F3N2O2S.C15H15F3N2O.ClH/c1-17(2,3)26(25)23-15(13-8-6-12(11-24)7-9-13)16-14(18(19,20)21)5-4-10-22-16;1-9(21)10-4-6-11(7-5-10)13(19)14-12(15(16,17)18)3-2-8-20-14;/h4-11,15,23H,1-3H3;2-9,13,21H,19H2,1H3;1H/t15-,26-;9?,13-;/m00./s1. The molecule has 2 heterocycles. The second kappa shape index (κ2) is 16.6. The van der Waals surface area contributed by atoms with Crippen LogP contribution >= 0.6 is 12.4 Å². The Bertz CT molecular complexity index is 1660. The monoisotopic (exact) mass is 716 g/mol. The number of hydrogen-bond acceptors (Lipinski definition) is 6. The predicted octanol–water partition coefficient (Wildman–Crippen LogP) is 7.68. The Hall–Kier alpha value is -3.69. The molecular formula is C33H35ClF6N4O3S. The van der Waals surface area contributed by atoms with Crippen molar-refractivity contribution in [3.63, 3.8) is 0 Å². The lowest BCUT2D eigenvalue weighted by Gasteiger charge is -2.26. The van der Waals surface area contributed by atoms with Crippen LogP contribution in [0.15, 0.2) is 85.2 Å². The molecule has 0 saturated heterocycles. The summed E-state index contributed by atoms with van der Waals surface area (Å²) < 4.78 is 93.8. The molecule has 0 aliphatic rings. The van der Waals surface area contributed by atoms with Crippen molar-refractivity contribution in [3.8, 4) is 0 Å². The number of nitrogens with two attached hydrogens (primary N) is 1. The molecule has 0 amide bonds. The van der Waals surface area contributed by atoms with Crippen LogP contribution in [0, 0.1) is 0 Å². The topological polar surface area (TPSA) is 118 Å². The zero-order valence-electron chi connectivity index (χ0n) is 26.2. The Labute approximate surface area is 283 Å². The van der Waals surface area contributed by atoms with Gasteiger partial charge in [0.2, 0.25) is 0 Å². The van der Waals surface area contributed by atoms with Gasteiger partial charge in [0.25, 0.3) is 0 Å². The molecule has 0 fully saturated rings. The molecule has 7 nitrogen and oxygen atoms in total. The van der Waals surface area contributed by atoms with E-state index in [1.807, 2.05) is 0 Å². The summed E-state index contributed by atoms with van der Waals surface area (Å²) >= 11 is 0. The third-order valence-electron chi connectivity index (χ3n) is 6.82. The molecule has 0 radical (unpaired) electrons. The van der Waals surface area contributed by atoms with Gasteiger partial charge in [-0.2, -0.15) is 26.3 Å². The summed E-state index contributed by atoms with van der Waals surface area (Å²) in [5, 5.41) is 9.43. The van der Waals surface area contributed by atoms with Crippen LogP contribution in [0.25, 0.3) is 0 Å². The smallest absolute Gasteiger partial charge is 0.389 e. The molecule has 15 heteroatoms. The van der Waals surface area contributed by atoms with Crippen molar-refractivity contribution in [2.45, 2.75) is 63.0 Å². The summed E-state index contributed by atoms with van der Waals surface area (Å²) in [5.41, 5.74) is 5.69. The number of aromatic nitrogens is 2. The van der Waals surface area contributed by atoms with E-state index in [1.165, 1.54) is 48.8 Å². The highest BCUT2D eigenvalue weighted by molar-refractivity contribution is 7.84. The largest absolute Gasteiger partial charge is 0.418 e. The third-order valence-corrected chi connectivity index (χ3v) is 8.38. The van der Waals surface area contributed by atoms with Gasteiger partial charge in [-0.1, -0.05) is 48.5 Å². The number of hydrogen-bond donors (Lipinski definition) is 3. The van der Waals surface area contributed by atoms with Gasteiger partial charge in [-0.05, 0) is 68.7 Å². The van der Waals surface area contributed by atoms with Gasteiger partial charge in [0, 0.05) is 18.0 Å². The van der Waals surface area contributed by atoms with Crippen LogP contribution in [0.1, 0.15) is 95.4 Å². The zero-order valence-corrected chi connectivity index (χ0v) is 27.8. The van der Waals surface area contributed by atoms with Gasteiger partial charge >= 0.3 is 12.4 Å². The first-order valence-corrected chi connectivity index (χ1v) is 15.3. The first kappa shape index (κ1) is 40.5. The minimum atomic E-state index is -4.60. The Morgan fingerprint density at radius 1 is 0.771 bits per heavy atom. The van der Waals surface area contributed by atoms with Crippen LogP contribution in [0.3, 0.4) is 0 Å². The van der Waals surface area contributed by atoms with Crippen molar-refractivity contribution >= 4 is 29.7 Å². The number of benzene rings is 2. The van der Waals surface area contributed by atoms with Gasteiger partial charge in [0.15, 0.2) is 0 Å². The minimum absolute atomic E-state index is 0. The fraction of sp³-hybridized carbons (Fsp3) is 0.303. The van der Waals surface area contributed by atoms with Crippen LogP contribution in [0.4, 0.5) is 26.3 Å². The van der Waals surface area contributed by atoms with Crippen molar-refractivity contribution in [1.29, 1.82) is 0 Å². The number of aliphatic hydroxyl groups excluding tert-OH is 1. The molecule has 2 aromatic heterocycles. The van der Waals surface area contributed by atoms with Crippen molar-refractivity contribution in [2.24, 2.45) is 5.73 Å². The number of rotatable bonds is 8. The van der Waals surface area contributed by atoms with Gasteiger partial charge in [-0.25, -0.2) is 8.93 Å². The second-order valence-corrected chi connectivity index (χ2v) is 13.4. The van der Waals surface area contributed by atoms with E-state index in [9.17, 15) is 40.5 Å². The summed E-state index contributed by atoms with van der Waals surface area (Å²) in [7, 11) is -1.64. The SMILES string of the molecule is CC(C)(C)[S@](=O)N[C@@H](c1ccc(C=O)cc1)c1ncccc1C(F)(F)F.CC(O)c1ccc([C@H](N)c2ncccc2C(F)(F)F)cc1.Cl. The van der Waals surface area contributed by atoms with Crippen LogP contribution in [0.5, 0.6) is 0 Å². The Balaban J connectivity index is 0.000000334. The van der Waals surface area contributed by atoms with Crippen LogP contribution < -0.4 is 10.5 Å². The van der Waals surface area contributed by atoms with Crippen LogP contribution in [0.2, 0.25) is 0 Å².